The molecule has 2 atom stereocenters. The molecule has 0 bridgehead atoms. The highest BCUT2D eigenvalue weighted by Gasteiger charge is 2.31. The molecule has 1 fully saturated rings. The highest BCUT2D eigenvalue weighted by atomic mass is 19.4. The SMILES string of the molecule is CCN1CCC(N(CCCCCc2ccc(C(F)(F)F)cc2)C(=O)Cn2c(CCc3cccc(F)c3F)cc(=O)c3ccccc32)CC1.O=C(O)C(O)C(O)C(=O)O. The number of carboxylic acids is 2. The lowest BCUT2D eigenvalue weighted by atomic mass is 10.0. The minimum absolute atomic E-state index is 0.00130. The summed E-state index contributed by atoms with van der Waals surface area (Å²) in [5, 5.41) is 33.0. The van der Waals surface area contributed by atoms with Gasteiger partial charge >= 0.3 is 18.1 Å². The van der Waals surface area contributed by atoms with Gasteiger partial charge in [0.05, 0.1) is 11.1 Å². The number of aryl methyl sites for hydroxylation is 3. The lowest BCUT2D eigenvalue weighted by Crippen LogP contribution is -2.48. The van der Waals surface area contributed by atoms with Gasteiger partial charge in [-0.05, 0) is 92.9 Å². The van der Waals surface area contributed by atoms with Crippen LogP contribution in [0.3, 0.4) is 0 Å². The number of rotatable bonds is 16. The molecule has 0 radical (unpaired) electrons. The van der Waals surface area contributed by atoms with Gasteiger partial charge in [-0.2, -0.15) is 13.2 Å². The Kier molecular flexibility index (Phi) is 16.5. The van der Waals surface area contributed by atoms with E-state index in [1.165, 1.54) is 30.3 Å². The number of piperidine rings is 1. The van der Waals surface area contributed by atoms with E-state index in [4.69, 9.17) is 20.4 Å². The smallest absolute Gasteiger partial charge is 0.416 e. The van der Waals surface area contributed by atoms with Crippen molar-refractivity contribution in [2.24, 2.45) is 0 Å². The summed E-state index contributed by atoms with van der Waals surface area (Å²) in [7, 11) is 0. The van der Waals surface area contributed by atoms with Gasteiger partial charge in [-0.1, -0.05) is 49.7 Å². The zero-order chi connectivity index (χ0) is 42.6. The van der Waals surface area contributed by atoms with Gasteiger partial charge in [0, 0.05) is 42.8 Å². The third kappa shape index (κ3) is 12.4. The van der Waals surface area contributed by atoms with Gasteiger partial charge < -0.3 is 34.8 Å². The van der Waals surface area contributed by atoms with E-state index in [9.17, 15) is 41.1 Å². The number of aromatic nitrogens is 1. The van der Waals surface area contributed by atoms with Crippen molar-refractivity contribution in [3.63, 3.8) is 0 Å². The molecular weight excluding hydrogens is 769 g/mol. The van der Waals surface area contributed by atoms with Crippen molar-refractivity contribution in [2.75, 3.05) is 26.2 Å². The maximum atomic E-state index is 14.5. The van der Waals surface area contributed by atoms with Crippen LogP contribution >= 0.6 is 0 Å². The first-order chi connectivity index (χ1) is 27.5. The number of nitrogens with zero attached hydrogens (tertiary/aromatic N) is 3. The third-order valence-corrected chi connectivity index (χ3v) is 10.3. The molecule has 4 N–H and O–H groups in total. The summed E-state index contributed by atoms with van der Waals surface area (Å²) in [4.78, 5) is 51.2. The molecule has 0 aliphatic carbocycles. The van der Waals surface area contributed by atoms with Crippen molar-refractivity contribution < 1.29 is 56.8 Å². The zero-order valence-electron chi connectivity index (χ0n) is 32.0. The van der Waals surface area contributed by atoms with Crippen molar-refractivity contribution in [3.05, 3.63) is 117 Å². The molecule has 4 aromatic rings. The first kappa shape index (κ1) is 45.5. The molecule has 11 nitrogen and oxygen atoms in total. The fraction of sp³-hybridized carbons (Fsp3) is 0.429. The lowest BCUT2D eigenvalue weighted by molar-refractivity contribution is -0.165. The molecule has 2 unspecified atom stereocenters. The van der Waals surface area contributed by atoms with Gasteiger partial charge in [0.15, 0.2) is 29.3 Å². The van der Waals surface area contributed by atoms with E-state index < -0.39 is 47.5 Å². The van der Waals surface area contributed by atoms with Crippen LogP contribution in [0.25, 0.3) is 10.9 Å². The molecule has 1 aliphatic rings. The second-order valence-electron chi connectivity index (χ2n) is 14.1. The van der Waals surface area contributed by atoms with E-state index >= 15 is 0 Å². The Balaban J connectivity index is 0.000000657. The molecule has 16 heteroatoms. The van der Waals surface area contributed by atoms with Crippen molar-refractivity contribution in [1.29, 1.82) is 0 Å². The van der Waals surface area contributed by atoms with Crippen LogP contribution in [0.2, 0.25) is 0 Å². The molecule has 5 rings (SSSR count). The number of aliphatic hydroxyl groups is 2. The second-order valence-corrected chi connectivity index (χ2v) is 14.1. The monoisotopic (exact) mass is 817 g/mol. The zero-order valence-corrected chi connectivity index (χ0v) is 32.0. The highest BCUT2D eigenvalue weighted by molar-refractivity contribution is 5.83. The van der Waals surface area contributed by atoms with Crippen molar-refractivity contribution in [2.45, 2.75) is 89.3 Å². The van der Waals surface area contributed by atoms with Crippen LogP contribution in [0.5, 0.6) is 0 Å². The molecular formula is C42H48F5N3O8. The van der Waals surface area contributed by atoms with Gasteiger partial charge in [-0.3, -0.25) is 9.59 Å². The summed E-state index contributed by atoms with van der Waals surface area (Å²) in [6.45, 7) is 5.41. The topological polar surface area (TPSA) is 161 Å². The van der Waals surface area contributed by atoms with Crippen LogP contribution in [0, 0.1) is 11.6 Å². The van der Waals surface area contributed by atoms with Crippen LogP contribution in [-0.2, 0) is 46.4 Å². The number of carbonyl (C=O) groups excluding carboxylic acids is 1. The third-order valence-electron chi connectivity index (χ3n) is 10.3. The Hall–Kier alpha value is -5.19. The van der Waals surface area contributed by atoms with Crippen molar-refractivity contribution in [3.8, 4) is 0 Å². The fourth-order valence-corrected chi connectivity index (χ4v) is 6.98. The number of carboxylic acid groups (broad SMARTS) is 2. The Morgan fingerprint density at radius 2 is 1.47 bits per heavy atom. The summed E-state index contributed by atoms with van der Waals surface area (Å²) in [6, 6.07) is 18.0. The van der Waals surface area contributed by atoms with Crippen LogP contribution in [-0.4, -0.2) is 97.1 Å². The van der Waals surface area contributed by atoms with Crippen LogP contribution in [0.1, 0.15) is 61.4 Å². The predicted molar refractivity (Wildman–Crippen MR) is 205 cm³/mol. The highest BCUT2D eigenvalue weighted by Crippen LogP contribution is 2.29. The molecule has 1 amide bonds. The number of fused-ring (bicyclic) bond motifs is 1. The van der Waals surface area contributed by atoms with Crippen molar-refractivity contribution in [1.82, 2.24) is 14.4 Å². The van der Waals surface area contributed by atoms with E-state index in [1.807, 2.05) is 21.6 Å². The normalized spacial score (nSPS) is 14.7. The van der Waals surface area contributed by atoms with Gasteiger partial charge in [0.1, 0.15) is 6.54 Å². The maximum absolute atomic E-state index is 14.5. The quantitative estimate of drug-likeness (QED) is 0.0824. The standard InChI is InChI=1S/C38H42F5N3O2.C4H6O6/c1-2-44-23-20-30(21-24-44)45(22-7-3-4-9-27-14-17-29(18-15-27)38(41,42)43)36(48)26-46-31(19-16-28-10-8-12-33(39)37(28)40)25-35(47)32-11-5-6-13-34(32)46;5-1(3(7)8)2(6)4(9)10/h5-6,8,10-15,17-18,25,30H,2-4,7,9,16,19-24,26H2,1H3;1-2,5-6H,(H,7,8)(H,9,10). The Morgan fingerprint density at radius 1 is 0.828 bits per heavy atom. The number of alkyl halides is 3. The average molecular weight is 818 g/mol. The molecule has 2 heterocycles. The van der Waals surface area contributed by atoms with Gasteiger partial charge in [0.25, 0.3) is 0 Å². The summed E-state index contributed by atoms with van der Waals surface area (Å²) in [5.41, 5.74) is 1.39. The summed E-state index contributed by atoms with van der Waals surface area (Å²) in [6.07, 6.45) is -3.80. The number of hydrogen-bond acceptors (Lipinski definition) is 7. The number of pyridine rings is 1. The predicted octanol–water partition coefficient (Wildman–Crippen LogP) is 5.69. The van der Waals surface area contributed by atoms with Gasteiger partial charge in [-0.25, -0.2) is 18.4 Å². The number of amides is 1. The van der Waals surface area contributed by atoms with Crippen LogP contribution in [0.4, 0.5) is 22.0 Å². The molecule has 58 heavy (non-hydrogen) atoms. The second kappa shape index (κ2) is 21.0. The molecule has 0 saturated carbocycles. The van der Waals surface area contributed by atoms with Crippen LogP contribution in [0.15, 0.2) is 77.6 Å². The molecule has 1 aromatic heterocycles. The number of aliphatic hydroxyl groups excluding tert-OH is 2. The largest absolute Gasteiger partial charge is 0.479 e. The molecule has 1 saturated heterocycles. The molecule has 314 valence electrons. The fourth-order valence-electron chi connectivity index (χ4n) is 6.98. The molecule has 0 spiro atoms. The lowest BCUT2D eigenvalue weighted by Gasteiger charge is -2.38. The van der Waals surface area contributed by atoms with E-state index in [0.717, 1.165) is 75.5 Å². The van der Waals surface area contributed by atoms with E-state index in [2.05, 4.69) is 11.8 Å². The first-order valence-corrected chi connectivity index (χ1v) is 19.1. The summed E-state index contributed by atoms with van der Waals surface area (Å²) >= 11 is 0. The number of unbranched alkanes of at least 4 members (excludes halogenated alkanes) is 2. The first-order valence-electron chi connectivity index (χ1n) is 19.1. The Morgan fingerprint density at radius 3 is 2.07 bits per heavy atom. The van der Waals surface area contributed by atoms with Gasteiger partial charge in [0.2, 0.25) is 5.91 Å². The molecule has 3 aromatic carbocycles. The Labute approximate surface area is 331 Å². The summed E-state index contributed by atoms with van der Waals surface area (Å²) < 4.78 is 69.0. The van der Waals surface area contributed by atoms with E-state index in [1.54, 1.807) is 12.1 Å². The number of carbonyl (C=O) groups is 3. The number of para-hydroxylation sites is 1. The number of benzene rings is 3. The number of aliphatic carboxylic acids is 2. The van der Waals surface area contributed by atoms with E-state index in [0.29, 0.717) is 29.6 Å². The number of likely N-dealkylation sites (tertiary alicyclic amines) is 1. The number of hydrogen-bond donors (Lipinski definition) is 4. The van der Waals surface area contributed by atoms with Crippen LogP contribution < -0.4 is 5.43 Å². The Bertz CT molecular complexity index is 2050. The number of halogens is 5. The minimum Gasteiger partial charge on any atom is -0.479 e. The summed E-state index contributed by atoms with van der Waals surface area (Å²) in [5.74, 6) is -5.45. The average Bonchev–Trinajstić information content (AvgIpc) is 3.20. The van der Waals surface area contributed by atoms with Crippen molar-refractivity contribution >= 4 is 28.7 Å². The molecule has 1 aliphatic heterocycles. The van der Waals surface area contributed by atoms with Gasteiger partial charge in [-0.15, -0.1) is 0 Å². The maximum Gasteiger partial charge on any atom is 0.416 e. The van der Waals surface area contributed by atoms with E-state index in [-0.39, 0.29) is 42.3 Å². The minimum atomic E-state index is -4.36.